The molecule has 27 heavy (non-hydrogen) atoms. The summed E-state index contributed by atoms with van der Waals surface area (Å²) in [4.78, 5) is 12.8. The van der Waals surface area contributed by atoms with E-state index in [0.717, 1.165) is 16.1 Å². The molecule has 2 aromatic rings. The van der Waals surface area contributed by atoms with E-state index in [1.807, 2.05) is 44.2 Å². The zero-order valence-corrected chi connectivity index (χ0v) is 17.5. The van der Waals surface area contributed by atoms with Crippen molar-refractivity contribution in [1.82, 2.24) is 5.32 Å². The van der Waals surface area contributed by atoms with Crippen LogP contribution < -0.4 is 9.62 Å². The second-order valence-corrected chi connectivity index (χ2v) is 9.55. The Morgan fingerprint density at radius 2 is 1.78 bits per heavy atom. The quantitative estimate of drug-likeness (QED) is 0.760. The van der Waals surface area contributed by atoms with Crippen LogP contribution in [0, 0.1) is 0 Å². The van der Waals surface area contributed by atoms with Crippen molar-refractivity contribution in [2.24, 2.45) is 0 Å². The van der Waals surface area contributed by atoms with Crippen LogP contribution in [-0.4, -0.2) is 32.2 Å². The monoisotopic (exact) mass is 408 g/mol. The highest BCUT2D eigenvalue weighted by Gasteiger charge is 2.32. The van der Waals surface area contributed by atoms with E-state index < -0.39 is 21.6 Å². The Bertz CT molecular complexity index is 898. The molecule has 0 aliphatic carbocycles. The summed E-state index contributed by atoms with van der Waals surface area (Å²) in [5, 5.41) is 3.36. The Balaban J connectivity index is 2.22. The highest BCUT2D eigenvalue weighted by Crippen LogP contribution is 2.24. The molecule has 0 saturated heterocycles. The van der Waals surface area contributed by atoms with Crippen molar-refractivity contribution in [3.8, 4) is 0 Å². The van der Waals surface area contributed by atoms with Crippen LogP contribution in [0.4, 0.5) is 5.69 Å². The third-order valence-corrected chi connectivity index (χ3v) is 5.58. The van der Waals surface area contributed by atoms with Gasteiger partial charge in [0.1, 0.15) is 6.04 Å². The van der Waals surface area contributed by atoms with E-state index >= 15 is 0 Å². The molecular formula is C20H25ClN2O3S. The molecule has 5 nitrogen and oxygen atoms in total. The predicted octanol–water partition coefficient (Wildman–Crippen LogP) is 3.63. The first-order chi connectivity index (χ1) is 12.5. The van der Waals surface area contributed by atoms with E-state index in [4.69, 9.17) is 11.6 Å². The van der Waals surface area contributed by atoms with E-state index in [1.54, 1.807) is 25.1 Å². The van der Waals surface area contributed by atoms with Crippen LogP contribution in [0.15, 0.2) is 54.6 Å². The largest absolute Gasteiger partial charge is 0.349 e. The van der Waals surface area contributed by atoms with E-state index in [0.29, 0.717) is 17.1 Å². The van der Waals surface area contributed by atoms with Gasteiger partial charge in [-0.15, -0.1) is 0 Å². The number of hydrogen-bond donors (Lipinski definition) is 1. The molecule has 0 aromatic heterocycles. The lowest BCUT2D eigenvalue weighted by Gasteiger charge is -2.33. The number of carbonyl (C=O) groups excluding carboxylic acids is 1. The lowest BCUT2D eigenvalue weighted by molar-refractivity contribution is -0.123. The first-order valence-electron chi connectivity index (χ1n) is 8.60. The molecule has 1 N–H and O–H groups in total. The molecule has 2 aromatic carbocycles. The molecule has 2 rings (SSSR count). The normalized spacial score (nSPS) is 13.1. The number of amides is 1. The summed E-state index contributed by atoms with van der Waals surface area (Å²) in [5.41, 5.74) is 0.906. The molecule has 0 fully saturated rings. The molecule has 0 unspecified atom stereocenters. The Hall–Kier alpha value is -2.05. The maximum absolute atomic E-state index is 12.8. The Kier molecular flexibility index (Phi) is 6.54. The number of nitrogens with zero attached hydrogens (tertiary/aromatic N) is 1. The van der Waals surface area contributed by atoms with E-state index in [9.17, 15) is 13.2 Å². The zero-order chi connectivity index (χ0) is 20.2. The second-order valence-electron chi connectivity index (χ2n) is 7.25. The minimum absolute atomic E-state index is 0.355. The summed E-state index contributed by atoms with van der Waals surface area (Å²) in [6, 6.07) is 15.3. The van der Waals surface area contributed by atoms with E-state index in [1.165, 1.54) is 6.07 Å². The van der Waals surface area contributed by atoms with Crippen molar-refractivity contribution in [3.63, 3.8) is 0 Å². The molecule has 0 aliphatic heterocycles. The summed E-state index contributed by atoms with van der Waals surface area (Å²) in [6.07, 6.45) is 1.70. The van der Waals surface area contributed by atoms with Gasteiger partial charge in [0.05, 0.1) is 11.9 Å². The van der Waals surface area contributed by atoms with Gasteiger partial charge >= 0.3 is 0 Å². The van der Waals surface area contributed by atoms with Crippen molar-refractivity contribution in [2.75, 3.05) is 10.6 Å². The van der Waals surface area contributed by atoms with Gasteiger partial charge in [0, 0.05) is 10.6 Å². The van der Waals surface area contributed by atoms with Gasteiger partial charge in [-0.3, -0.25) is 9.10 Å². The lowest BCUT2D eigenvalue weighted by Crippen LogP contribution is -2.54. The predicted molar refractivity (Wildman–Crippen MR) is 111 cm³/mol. The van der Waals surface area contributed by atoms with E-state index in [2.05, 4.69) is 5.32 Å². The highest BCUT2D eigenvalue weighted by molar-refractivity contribution is 7.92. The number of halogens is 1. The minimum atomic E-state index is -3.68. The Morgan fingerprint density at radius 3 is 2.33 bits per heavy atom. The fourth-order valence-corrected chi connectivity index (χ4v) is 4.36. The summed E-state index contributed by atoms with van der Waals surface area (Å²) in [7, 11) is -3.68. The van der Waals surface area contributed by atoms with Gasteiger partial charge in [-0.2, -0.15) is 0 Å². The molecule has 1 amide bonds. The van der Waals surface area contributed by atoms with Crippen molar-refractivity contribution in [2.45, 2.75) is 38.8 Å². The van der Waals surface area contributed by atoms with Crippen LogP contribution in [0.2, 0.25) is 5.02 Å². The van der Waals surface area contributed by atoms with Crippen LogP contribution in [0.1, 0.15) is 26.3 Å². The van der Waals surface area contributed by atoms with Crippen LogP contribution >= 0.6 is 11.6 Å². The van der Waals surface area contributed by atoms with Crippen molar-refractivity contribution < 1.29 is 13.2 Å². The van der Waals surface area contributed by atoms with Crippen LogP contribution in [-0.2, 0) is 21.2 Å². The fourth-order valence-electron chi connectivity index (χ4n) is 3.01. The number of sulfonamides is 1. The first kappa shape index (κ1) is 21.3. The third kappa shape index (κ3) is 5.97. The van der Waals surface area contributed by atoms with Gasteiger partial charge in [-0.25, -0.2) is 8.42 Å². The van der Waals surface area contributed by atoms with Gasteiger partial charge in [-0.1, -0.05) is 48.0 Å². The van der Waals surface area contributed by atoms with E-state index in [-0.39, 0.29) is 5.91 Å². The zero-order valence-electron chi connectivity index (χ0n) is 15.9. The standard InChI is InChI=1S/C20H25ClN2O3S/c1-15(23(27(4,25)26)18-12-8-11-17(21)13-18)19(24)22-20(2,3)14-16-9-6-5-7-10-16/h5-13,15H,14H2,1-4H3,(H,22,24)/t15-/m1/s1. The van der Waals surface area contributed by atoms with Crippen molar-refractivity contribution in [3.05, 3.63) is 65.2 Å². The summed E-state index contributed by atoms with van der Waals surface area (Å²) >= 11 is 6.00. The van der Waals surface area contributed by atoms with Gasteiger partial charge in [-0.05, 0) is 51.0 Å². The number of benzene rings is 2. The van der Waals surface area contributed by atoms with Gasteiger partial charge < -0.3 is 5.32 Å². The van der Waals surface area contributed by atoms with Crippen LogP contribution in [0.5, 0.6) is 0 Å². The van der Waals surface area contributed by atoms with Crippen molar-refractivity contribution in [1.29, 1.82) is 0 Å². The summed E-state index contributed by atoms with van der Waals surface area (Å²) in [6.45, 7) is 5.39. The van der Waals surface area contributed by atoms with Crippen LogP contribution in [0.3, 0.4) is 0 Å². The molecular weight excluding hydrogens is 384 g/mol. The molecule has 0 bridgehead atoms. The SMILES string of the molecule is C[C@H](C(=O)NC(C)(C)Cc1ccccc1)N(c1cccc(Cl)c1)S(C)(=O)=O. The maximum atomic E-state index is 12.8. The number of carbonyl (C=O) groups is 1. The number of anilines is 1. The van der Waals surface area contributed by atoms with Gasteiger partial charge in [0.15, 0.2) is 0 Å². The number of hydrogen-bond acceptors (Lipinski definition) is 3. The Labute approximate surface area is 166 Å². The summed E-state index contributed by atoms with van der Waals surface area (Å²) in [5.74, 6) is -0.374. The lowest BCUT2D eigenvalue weighted by atomic mass is 9.94. The Morgan fingerprint density at radius 1 is 1.15 bits per heavy atom. The number of rotatable bonds is 7. The second kappa shape index (κ2) is 8.31. The average molecular weight is 409 g/mol. The maximum Gasteiger partial charge on any atom is 0.244 e. The van der Waals surface area contributed by atoms with Gasteiger partial charge in [0.25, 0.3) is 0 Å². The smallest absolute Gasteiger partial charge is 0.244 e. The molecule has 0 aliphatic rings. The number of nitrogens with one attached hydrogen (secondary N) is 1. The molecule has 146 valence electrons. The van der Waals surface area contributed by atoms with Crippen molar-refractivity contribution >= 4 is 33.2 Å². The molecule has 0 saturated carbocycles. The molecule has 0 radical (unpaired) electrons. The average Bonchev–Trinajstić information content (AvgIpc) is 2.53. The first-order valence-corrected chi connectivity index (χ1v) is 10.8. The van der Waals surface area contributed by atoms with Crippen LogP contribution in [0.25, 0.3) is 0 Å². The third-order valence-electron chi connectivity index (χ3n) is 4.10. The molecule has 1 atom stereocenters. The molecule has 7 heteroatoms. The highest BCUT2D eigenvalue weighted by atomic mass is 35.5. The molecule has 0 spiro atoms. The minimum Gasteiger partial charge on any atom is -0.349 e. The fraction of sp³-hybridized carbons (Fsp3) is 0.350. The molecule has 0 heterocycles. The van der Waals surface area contributed by atoms with Gasteiger partial charge in [0.2, 0.25) is 15.9 Å². The summed E-state index contributed by atoms with van der Waals surface area (Å²) < 4.78 is 25.8. The topological polar surface area (TPSA) is 66.5 Å².